The lowest BCUT2D eigenvalue weighted by atomic mass is 9.93. The fourth-order valence-corrected chi connectivity index (χ4v) is 5.05. The molecule has 0 spiro atoms. The molecular weight excluding hydrogens is 520 g/mol. The molecule has 39 heavy (non-hydrogen) atoms. The number of ether oxygens (including phenoxy) is 2. The first-order chi connectivity index (χ1) is 18.9. The molecule has 0 bridgehead atoms. The molecule has 1 aliphatic heterocycles. The predicted molar refractivity (Wildman–Crippen MR) is 151 cm³/mol. The average molecular weight is 556 g/mol. The van der Waals surface area contributed by atoms with E-state index in [-0.39, 0.29) is 12.1 Å². The number of aromatic nitrogens is 4. The van der Waals surface area contributed by atoms with Gasteiger partial charge in [0.25, 0.3) is 0 Å². The van der Waals surface area contributed by atoms with Crippen LogP contribution in [0.15, 0.2) is 30.6 Å². The molecule has 0 amide bonds. The van der Waals surface area contributed by atoms with Crippen molar-refractivity contribution in [1.82, 2.24) is 19.9 Å². The highest BCUT2D eigenvalue weighted by atomic mass is 32.2. The monoisotopic (exact) mass is 555 g/mol. The molecule has 3 aromatic rings. The minimum atomic E-state index is -2.26. The summed E-state index contributed by atoms with van der Waals surface area (Å²) in [5.41, 5.74) is 1.34. The van der Waals surface area contributed by atoms with Gasteiger partial charge in [0.05, 0.1) is 41.4 Å². The molecule has 2 fully saturated rings. The maximum Gasteiger partial charge on any atom is 0.225 e. The molecule has 13 heteroatoms. The molecule has 2 unspecified atom stereocenters. The zero-order chi connectivity index (χ0) is 27.4. The number of nitrogens with one attached hydrogen (secondary N) is 2. The minimum absolute atomic E-state index is 0.00241. The van der Waals surface area contributed by atoms with Crippen LogP contribution >= 0.6 is 0 Å². The highest BCUT2D eigenvalue weighted by Crippen LogP contribution is 2.33. The largest absolute Gasteiger partial charge is 0.771 e. The lowest BCUT2D eigenvalue weighted by Crippen LogP contribution is -2.37. The summed E-state index contributed by atoms with van der Waals surface area (Å²) in [6.45, 7) is 4.37. The summed E-state index contributed by atoms with van der Waals surface area (Å²) in [5, 5.41) is 6.44. The van der Waals surface area contributed by atoms with E-state index in [0.717, 1.165) is 61.3 Å². The van der Waals surface area contributed by atoms with E-state index in [2.05, 4.69) is 30.5 Å². The van der Waals surface area contributed by atoms with Gasteiger partial charge in [-0.15, -0.1) is 0 Å². The fraction of sp³-hybridized carbons (Fsp3) is 0.538. The molecule has 12 nitrogen and oxygen atoms in total. The summed E-state index contributed by atoms with van der Waals surface area (Å²) in [6.07, 6.45) is 6.95. The number of pyridine rings is 2. The van der Waals surface area contributed by atoms with Gasteiger partial charge >= 0.3 is 0 Å². The normalized spacial score (nSPS) is 21.3. The highest BCUT2D eigenvalue weighted by Gasteiger charge is 2.25. The third-order valence-corrected chi connectivity index (χ3v) is 7.70. The molecule has 0 aromatic carbocycles. The van der Waals surface area contributed by atoms with Gasteiger partial charge in [0.1, 0.15) is 17.7 Å². The van der Waals surface area contributed by atoms with E-state index in [9.17, 15) is 8.76 Å². The Labute approximate surface area is 230 Å². The third-order valence-electron chi connectivity index (χ3n) is 7.01. The second kappa shape index (κ2) is 12.3. The molecule has 1 saturated heterocycles. The SMILES string of the molecule is CC(Nc1cnc2cc(N3CCOCC3)nc(OC3CCC(Nc4nccc(N(C)C)n4)CC3)c2c1)S(=O)[O-]. The number of rotatable bonds is 9. The molecule has 5 rings (SSSR count). The molecule has 210 valence electrons. The lowest BCUT2D eigenvalue weighted by molar-refractivity contribution is 0.122. The maximum absolute atomic E-state index is 11.4. The summed E-state index contributed by atoms with van der Waals surface area (Å²) in [5.74, 6) is 2.81. The Kier molecular flexibility index (Phi) is 8.58. The number of anilines is 4. The summed E-state index contributed by atoms with van der Waals surface area (Å²) in [6, 6.07) is 5.96. The van der Waals surface area contributed by atoms with Crippen LogP contribution in [0.1, 0.15) is 32.6 Å². The van der Waals surface area contributed by atoms with Crippen LogP contribution in [0.4, 0.5) is 23.3 Å². The molecule has 1 saturated carbocycles. The van der Waals surface area contributed by atoms with Crippen molar-refractivity contribution in [3.05, 3.63) is 30.6 Å². The summed E-state index contributed by atoms with van der Waals surface area (Å²) in [4.78, 5) is 22.6. The van der Waals surface area contributed by atoms with E-state index >= 15 is 0 Å². The number of nitrogens with zero attached hydrogens (tertiary/aromatic N) is 6. The van der Waals surface area contributed by atoms with Crippen LogP contribution in [0.25, 0.3) is 10.9 Å². The second-order valence-electron chi connectivity index (χ2n) is 10.1. The maximum atomic E-state index is 11.4. The van der Waals surface area contributed by atoms with Crippen molar-refractivity contribution in [3.63, 3.8) is 0 Å². The Hall–Kier alpha value is -3.29. The van der Waals surface area contributed by atoms with Crippen molar-refractivity contribution in [2.24, 2.45) is 0 Å². The van der Waals surface area contributed by atoms with Crippen LogP contribution in [0.2, 0.25) is 0 Å². The Morgan fingerprint density at radius 2 is 1.92 bits per heavy atom. The van der Waals surface area contributed by atoms with Crippen molar-refractivity contribution >= 4 is 45.3 Å². The second-order valence-corrected chi connectivity index (χ2v) is 11.3. The minimum Gasteiger partial charge on any atom is -0.771 e. The Morgan fingerprint density at radius 1 is 1.15 bits per heavy atom. The van der Waals surface area contributed by atoms with Gasteiger partial charge < -0.3 is 34.5 Å². The van der Waals surface area contributed by atoms with Gasteiger partial charge in [-0.1, -0.05) is 0 Å². The van der Waals surface area contributed by atoms with Gasteiger partial charge in [-0.25, -0.2) is 4.98 Å². The molecule has 2 atom stereocenters. The molecule has 3 aromatic heterocycles. The molecular formula is C26H35N8O4S-. The van der Waals surface area contributed by atoms with Gasteiger partial charge in [0, 0.05) is 45.5 Å². The van der Waals surface area contributed by atoms with E-state index in [1.165, 1.54) is 0 Å². The fourth-order valence-electron chi connectivity index (χ4n) is 4.82. The number of morpholine rings is 1. The van der Waals surface area contributed by atoms with E-state index in [1.54, 1.807) is 19.3 Å². The van der Waals surface area contributed by atoms with Gasteiger partial charge in [-0.2, -0.15) is 9.97 Å². The van der Waals surface area contributed by atoms with Crippen LogP contribution in [0.3, 0.4) is 0 Å². The van der Waals surface area contributed by atoms with Crippen molar-refractivity contribution < 1.29 is 18.2 Å². The zero-order valence-corrected chi connectivity index (χ0v) is 23.3. The Morgan fingerprint density at radius 3 is 2.64 bits per heavy atom. The van der Waals surface area contributed by atoms with Gasteiger partial charge in [0.15, 0.2) is 0 Å². The van der Waals surface area contributed by atoms with Crippen molar-refractivity contribution in [2.75, 3.05) is 60.8 Å². The summed E-state index contributed by atoms with van der Waals surface area (Å²) < 4.78 is 34.8. The summed E-state index contributed by atoms with van der Waals surface area (Å²) in [7, 11) is 3.92. The van der Waals surface area contributed by atoms with Crippen LogP contribution < -0.4 is 25.2 Å². The smallest absolute Gasteiger partial charge is 0.225 e. The van der Waals surface area contributed by atoms with Crippen molar-refractivity contribution in [1.29, 1.82) is 0 Å². The van der Waals surface area contributed by atoms with Gasteiger partial charge in [0.2, 0.25) is 11.8 Å². The average Bonchev–Trinajstić information content (AvgIpc) is 2.94. The first-order valence-electron chi connectivity index (χ1n) is 13.3. The topological polar surface area (TPSA) is 141 Å². The first-order valence-corrected chi connectivity index (χ1v) is 14.4. The first kappa shape index (κ1) is 27.3. The molecule has 0 radical (unpaired) electrons. The number of hydrogen-bond donors (Lipinski definition) is 2. The molecule has 2 N–H and O–H groups in total. The van der Waals surface area contributed by atoms with Gasteiger partial charge in [-0.05, 0) is 55.8 Å². The van der Waals surface area contributed by atoms with E-state index in [4.69, 9.17) is 14.5 Å². The summed E-state index contributed by atoms with van der Waals surface area (Å²) >= 11 is -2.26. The standard InChI is InChI=1S/C26H36N8O4S/c1-17(39(35)36)29-19-14-21-22(28-16-19)15-24(34-10-12-37-13-11-34)31-25(21)38-20-6-4-18(5-7-20)30-26-27-9-8-23(32-26)33(2)3/h8-9,14-18,20,29H,4-7,10-13H2,1-3H3,(H,35,36)(H,27,30,32)/p-1. The number of hydrogen-bond acceptors (Lipinski definition) is 12. The Balaban J connectivity index is 1.32. The quantitative estimate of drug-likeness (QED) is 0.375. The zero-order valence-electron chi connectivity index (χ0n) is 22.5. The van der Waals surface area contributed by atoms with Crippen LogP contribution in [-0.2, 0) is 15.8 Å². The van der Waals surface area contributed by atoms with Crippen LogP contribution in [0, 0.1) is 0 Å². The van der Waals surface area contributed by atoms with E-state index < -0.39 is 16.5 Å². The molecule has 4 heterocycles. The van der Waals surface area contributed by atoms with E-state index in [0.29, 0.717) is 30.7 Å². The number of fused-ring (bicyclic) bond motifs is 1. The predicted octanol–water partition coefficient (Wildman–Crippen LogP) is 2.76. The van der Waals surface area contributed by atoms with Crippen LogP contribution in [-0.4, -0.2) is 86.6 Å². The molecule has 1 aliphatic carbocycles. The van der Waals surface area contributed by atoms with Crippen molar-refractivity contribution in [3.8, 4) is 5.88 Å². The molecule has 2 aliphatic rings. The third kappa shape index (κ3) is 6.84. The van der Waals surface area contributed by atoms with Crippen molar-refractivity contribution in [2.45, 2.75) is 50.1 Å². The lowest BCUT2D eigenvalue weighted by Gasteiger charge is -2.31. The van der Waals surface area contributed by atoms with Crippen LogP contribution in [0.5, 0.6) is 5.88 Å². The highest BCUT2D eigenvalue weighted by molar-refractivity contribution is 7.79. The van der Waals surface area contributed by atoms with Gasteiger partial charge in [-0.3, -0.25) is 9.19 Å². The Bertz CT molecular complexity index is 1300. The van der Waals surface area contributed by atoms with E-state index in [1.807, 2.05) is 37.2 Å².